The van der Waals surface area contributed by atoms with Crippen molar-refractivity contribution < 1.29 is 7.66 Å². The van der Waals surface area contributed by atoms with Gasteiger partial charge in [0, 0.05) is 35.5 Å². The van der Waals surface area contributed by atoms with Crippen LogP contribution in [0.3, 0.4) is 0 Å². The Morgan fingerprint density at radius 2 is 2.29 bits per heavy atom. The highest BCUT2D eigenvalue weighted by Crippen LogP contribution is 2.47. The molecule has 0 radical (unpaired) electrons. The average molecular weight is 234 g/mol. The maximum Gasteiger partial charge on any atom is 0.269 e. The summed E-state index contributed by atoms with van der Waals surface area (Å²) in [7, 11) is 0. The van der Waals surface area contributed by atoms with Gasteiger partial charge in [-0.2, -0.15) is 0 Å². The van der Waals surface area contributed by atoms with Gasteiger partial charge in [0.1, 0.15) is 0 Å². The van der Waals surface area contributed by atoms with Gasteiger partial charge in [-0.15, -0.1) is 0 Å². The predicted octanol–water partition coefficient (Wildman–Crippen LogP) is 3.23. The second-order valence-corrected chi connectivity index (χ2v) is 4.68. The Kier molecular flexibility index (Phi) is 1.94. The standard InChI is InChI=1S/C13H16N2O2/c1-5-14-9(2)13(3,4)11-8-10(15(16)17)6-7-12(11)14/h6-8H,2,5H2,1,3-4H3/i2D2. The average Bonchev–Trinajstić information content (AvgIpc) is 2.56. The van der Waals surface area contributed by atoms with Gasteiger partial charge < -0.3 is 4.90 Å². The van der Waals surface area contributed by atoms with E-state index in [1.54, 1.807) is 12.1 Å². The molecule has 4 heteroatoms. The third-order valence-electron chi connectivity index (χ3n) is 3.33. The molecule has 1 aliphatic rings. The SMILES string of the molecule is [2H]C([2H])=C1N(CC)c2ccc([N+](=O)[O-])cc2C1(C)C. The van der Waals surface area contributed by atoms with Crippen LogP contribution in [-0.2, 0) is 5.41 Å². The largest absolute Gasteiger partial charge is 0.345 e. The Bertz CT molecular complexity index is 578. The lowest BCUT2D eigenvalue weighted by molar-refractivity contribution is -0.384. The van der Waals surface area contributed by atoms with Gasteiger partial charge in [-0.05, 0) is 18.6 Å². The summed E-state index contributed by atoms with van der Waals surface area (Å²) in [5, 5.41) is 10.9. The fourth-order valence-corrected chi connectivity index (χ4v) is 2.29. The quantitative estimate of drug-likeness (QED) is 0.583. The molecule has 17 heavy (non-hydrogen) atoms. The molecular weight excluding hydrogens is 216 g/mol. The van der Waals surface area contributed by atoms with Gasteiger partial charge in [-0.1, -0.05) is 20.4 Å². The van der Waals surface area contributed by atoms with Crippen LogP contribution < -0.4 is 4.90 Å². The number of rotatable bonds is 2. The first-order chi connectivity index (χ1) is 8.80. The van der Waals surface area contributed by atoms with Crippen molar-refractivity contribution in [2.75, 3.05) is 11.4 Å². The van der Waals surface area contributed by atoms with Gasteiger partial charge in [-0.25, -0.2) is 0 Å². The van der Waals surface area contributed by atoms with E-state index in [0.29, 0.717) is 12.2 Å². The summed E-state index contributed by atoms with van der Waals surface area (Å²) in [5.41, 5.74) is 1.72. The lowest BCUT2D eigenvalue weighted by Gasteiger charge is -2.24. The lowest BCUT2D eigenvalue weighted by atomic mass is 9.84. The molecule has 90 valence electrons. The zero-order chi connectivity index (χ0) is 14.4. The molecule has 1 aliphatic heterocycles. The van der Waals surface area contributed by atoms with Crippen molar-refractivity contribution in [1.29, 1.82) is 0 Å². The molecule has 4 nitrogen and oxygen atoms in total. The number of fused-ring (bicyclic) bond motifs is 1. The van der Waals surface area contributed by atoms with Crippen LogP contribution in [0.2, 0.25) is 0 Å². The first-order valence-electron chi connectivity index (χ1n) is 6.55. The van der Waals surface area contributed by atoms with Crippen molar-refractivity contribution in [2.24, 2.45) is 0 Å². The van der Waals surface area contributed by atoms with Crippen molar-refractivity contribution in [1.82, 2.24) is 0 Å². The number of nitrogens with zero attached hydrogens (tertiary/aromatic N) is 2. The van der Waals surface area contributed by atoms with E-state index in [4.69, 9.17) is 2.74 Å². The van der Waals surface area contributed by atoms with E-state index in [1.807, 2.05) is 25.7 Å². The van der Waals surface area contributed by atoms with Crippen LogP contribution in [0.25, 0.3) is 0 Å². The van der Waals surface area contributed by atoms with Crippen molar-refractivity contribution in [3.8, 4) is 0 Å². The molecule has 0 fully saturated rings. The van der Waals surface area contributed by atoms with Crippen molar-refractivity contribution >= 4 is 11.4 Å². The molecule has 1 aromatic carbocycles. The topological polar surface area (TPSA) is 46.4 Å². The molecule has 0 bridgehead atoms. The molecule has 0 aliphatic carbocycles. The van der Waals surface area contributed by atoms with Gasteiger partial charge in [0.2, 0.25) is 0 Å². The number of hydrogen-bond acceptors (Lipinski definition) is 3. The maximum atomic E-state index is 10.9. The normalized spacial score (nSPS) is 18.5. The first-order valence-corrected chi connectivity index (χ1v) is 5.55. The van der Waals surface area contributed by atoms with Crippen LogP contribution in [0.5, 0.6) is 0 Å². The van der Waals surface area contributed by atoms with Crippen LogP contribution in [0, 0.1) is 10.1 Å². The van der Waals surface area contributed by atoms with Crippen LogP contribution in [0.1, 0.15) is 29.1 Å². The number of non-ortho nitro benzene ring substituents is 1. The minimum Gasteiger partial charge on any atom is -0.345 e. The molecule has 0 saturated carbocycles. The van der Waals surface area contributed by atoms with Crippen molar-refractivity contribution in [3.63, 3.8) is 0 Å². The smallest absolute Gasteiger partial charge is 0.269 e. The summed E-state index contributed by atoms with van der Waals surface area (Å²) in [5.74, 6) is 0. The van der Waals surface area contributed by atoms with Crippen molar-refractivity contribution in [2.45, 2.75) is 26.2 Å². The predicted molar refractivity (Wildman–Crippen MR) is 68.3 cm³/mol. The number of likely N-dealkylation sites (N-methyl/N-ethyl adjacent to an activating group) is 1. The van der Waals surface area contributed by atoms with Crippen LogP contribution in [-0.4, -0.2) is 11.5 Å². The van der Waals surface area contributed by atoms with Crippen LogP contribution in [0.15, 0.2) is 30.4 Å². The molecule has 0 saturated heterocycles. The van der Waals surface area contributed by atoms with E-state index in [0.717, 1.165) is 11.3 Å². The van der Waals surface area contributed by atoms with E-state index in [-0.39, 0.29) is 12.2 Å². The Labute approximate surface area is 104 Å². The number of hydrogen-bond donors (Lipinski definition) is 0. The Morgan fingerprint density at radius 1 is 1.59 bits per heavy atom. The number of nitro groups is 1. The second-order valence-electron chi connectivity index (χ2n) is 4.68. The van der Waals surface area contributed by atoms with E-state index < -0.39 is 10.3 Å². The molecule has 0 spiro atoms. The number of anilines is 1. The summed E-state index contributed by atoms with van der Waals surface area (Å²) in [4.78, 5) is 12.3. The highest BCUT2D eigenvalue weighted by atomic mass is 16.6. The van der Waals surface area contributed by atoms with Crippen LogP contribution >= 0.6 is 0 Å². The van der Waals surface area contributed by atoms with Gasteiger partial charge >= 0.3 is 0 Å². The Morgan fingerprint density at radius 3 is 2.82 bits per heavy atom. The fourth-order valence-electron chi connectivity index (χ4n) is 2.29. The summed E-state index contributed by atoms with van der Waals surface area (Å²) in [6.07, 6.45) is 0. The second kappa shape index (κ2) is 3.58. The lowest BCUT2D eigenvalue weighted by Crippen LogP contribution is -2.24. The minimum absolute atomic E-state index is 0.0423. The fraction of sp³-hybridized carbons (Fsp3) is 0.385. The van der Waals surface area contributed by atoms with Gasteiger partial charge in [0.05, 0.1) is 7.66 Å². The van der Waals surface area contributed by atoms with E-state index >= 15 is 0 Å². The third-order valence-corrected chi connectivity index (χ3v) is 3.33. The zero-order valence-electron chi connectivity index (χ0n) is 12.2. The summed E-state index contributed by atoms with van der Waals surface area (Å²) < 4.78 is 15.3. The molecule has 0 unspecified atom stereocenters. The molecule has 1 aromatic rings. The Balaban J connectivity index is 2.71. The molecular formula is C13H16N2O2. The monoisotopic (exact) mass is 234 g/mol. The van der Waals surface area contributed by atoms with E-state index in [2.05, 4.69) is 0 Å². The summed E-state index contributed by atoms with van der Waals surface area (Å²) >= 11 is 0. The minimum atomic E-state index is -0.559. The molecule has 0 aromatic heterocycles. The van der Waals surface area contributed by atoms with E-state index in [1.165, 1.54) is 6.07 Å². The van der Waals surface area contributed by atoms with Crippen molar-refractivity contribution in [3.05, 3.63) is 46.1 Å². The zero-order valence-corrected chi connectivity index (χ0v) is 10.2. The Hall–Kier alpha value is -1.84. The molecule has 1 heterocycles. The number of benzene rings is 1. The molecule has 2 rings (SSSR count). The molecule has 0 atom stereocenters. The summed E-state index contributed by atoms with van der Waals surface area (Å²) in [6, 6.07) is 4.72. The first kappa shape index (κ1) is 9.22. The number of allylic oxidation sites excluding steroid dienone is 1. The number of nitro benzene ring substituents is 1. The molecule has 0 N–H and O–H groups in total. The van der Waals surface area contributed by atoms with Gasteiger partial charge in [0.15, 0.2) is 0 Å². The third kappa shape index (κ3) is 1.52. The van der Waals surface area contributed by atoms with Gasteiger partial charge in [-0.3, -0.25) is 10.1 Å². The summed E-state index contributed by atoms with van der Waals surface area (Å²) in [6.45, 7) is 6.11. The highest BCUT2D eigenvalue weighted by Gasteiger charge is 2.39. The highest BCUT2D eigenvalue weighted by molar-refractivity contribution is 5.71. The maximum absolute atomic E-state index is 10.9. The van der Waals surface area contributed by atoms with Crippen LogP contribution in [0.4, 0.5) is 11.4 Å². The molecule has 0 amide bonds. The van der Waals surface area contributed by atoms with E-state index in [9.17, 15) is 10.1 Å². The van der Waals surface area contributed by atoms with Gasteiger partial charge in [0.25, 0.3) is 5.69 Å².